The van der Waals surface area contributed by atoms with Crippen molar-refractivity contribution in [2.45, 2.75) is 4.90 Å². The third-order valence-electron chi connectivity index (χ3n) is 3.73. The summed E-state index contributed by atoms with van der Waals surface area (Å²) in [5, 5.41) is 3.67. The highest BCUT2D eigenvalue weighted by Crippen LogP contribution is 2.21. The predicted molar refractivity (Wildman–Crippen MR) is 93.1 cm³/mol. The summed E-state index contributed by atoms with van der Waals surface area (Å²) < 4.78 is 27.5. The Morgan fingerprint density at radius 1 is 1.13 bits per heavy atom. The molecule has 122 valence electrons. The first-order valence-electron chi connectivity index (χ1n) is 7.06. The van der Waals surface area contributed by atoms with Crippen LogP contribution >= 0.6 is 27.3 Å². The number of thiophene rings is 1. The van der Waals surface area contributed by atoms with Crippen molar-refractivity contribution in [3.63, 3.8) is 0 Å². The summed E-state index contributed by atoms with van der Waals surface area (Å²) in [6.07, 6.45) is 0. The number of amides is 1. The lowest BCUT2D eigenvalue weighted by Crippen LogP contribution is -2.50. The van der Waals surface area contributed by atoms with Gasteiger partial charge < -0.3 is 4.90 Å². The molecule has 1 aliphatic heterocycles. The Labute approximate surface area is 147 Å². The molecule has 1 saturated heterocycles. The van der Waals surface area contributed by atoms with E-state index in [1.54, 1.807) is 35.2 Å². The van der Waals surface area contributed by atoms with Crippen molar-refractivity contribution < 1.29 is 13.2 Å². The van der Waals surface area contributed by atoms with Crippen molar-refractivity contribution in [2.75, 3.05) is 26.2 Å². The molecule has 0 bridgehead atoms. The molecule has 2 heterocycles. The predicted octanol–water partition coefficient (Wildman–Crippen LogP) is 2.66. The molecule has 0 saturated carbocycles. The van der Waals surface area contributed by atoms with E-state index in [1.165, 1.54) is 15.6 Å². The van der Waals surface area contributed by atoms with Gasteiger partial charge in [0.05, 0.1) is 10.5 Å². The number of carbonyl (C=O) groups is 1. The van der Waals surface area contributed by atoms with E-state index in [4.69, 9.17) is 0 Å². The normalized spacial score (nSPS) is 16.5. The third kappa shape index (κ3) is 3.50. The lowest BCUT2D eigenvalue weighted by molar-refractivity contribution is 0.0698. The van der Waals surface area contributed by atoms with Gasteiger partial charge in [-0.15, -0.1) is 0 Å². The van der Waals surface area contributed by atoms with Crippen LogP contribution in [0.3, 0.4) is 0 Å². The Bertz CT molecular complexity index is 798. The van der Waals surface area contributed by atoms with Crippen LogP contribution in [0, 0.1) is 0 Å². The number of nitrogens with zero attached hydrogens (tertiary/aromatic N) is 2. The number of rotatable bonds is 3. The minimum Gasteiger partial charge on any atom is -0.336 e. The molecule has 1 fully saturated rings. The van der Waals surface area contributed by atoms with Gasteiger partial charge in [0, 0.05) is 36.0 Å². The molecule has 5 nitrogen and oxygen atoms in total. The average Bonchev–Trinajstić information content (AvgIpc) is 3.09. The lowest BCUT2D eigenvalue weighted by Gasteiger charge is -2.33. The molecular weight excluding hydrogens is 400 g/mol. The van der Waals surface area contributed by atoms with E-state index in [-0.39, 0.29) is 10.8 Å². The van der Waals surface area contributed by atoms with Crippen LogP contribution in [0.5, 0.6) is 0 Å². The summed E-state index contributed by atoms with van der Waals surface area (Å²) in [7, 11) is -3.52. The maximum Gasteiger partial charge on any atom is 0.254 e. The van der Waals surface area contributed by atoms with E-state index in [2.05, 4.69) is 15.9 Å². The number of hydrogen-bond acceptors (Lipinski definition) is 4. The number of halogens is 1. The van der Waals surface area contributed by atoms with Crippen LogP contribution in [0.2, 0.25) is 0 Å². The first-order chi connectivity index (χ1) is 11.0. The molecule has 0 atom stereocenters. The monoisotopic (exact) mass is 414 g/mol. The summed E-state index contributed by atoms with van der Waals surface area (Å²) in [6, 6.07) is 8.46. The van der Waals surface area contributed by atoms with Gasteiger partial charge in [0.15, 0.2) is 0 Å². The molecule has 2 aromatic rings. The maximum absolute atomic E-state index is 12.6. The first kappa shape index (κ1) is 16.6. The van der Waals surface area contributed by atoms with Crippen LogP contribution in [0.25, 0.3) is 0 Å². The third-order valence-corrected chi connectivity index (χ3v) is 6.80. The van der Waals surface area contributed by atoms with Crippen molar-refractivity contribution in [2.24, 2.45) is 0 Å². The number of sulfonamides is 1. The zero-order chi connectivity index (χ0) is 16.4. The van der Waals surface area contributed by atoms with E-state index in [0.717, 1.165) is 4.47 Å². The Kier molecular flexibility index (Phi) is 4.86. The van der Waals surface area contributed by atoms with Crippen molar-refractivity contribution in [1.29, 1.82) is 0 Å². The molecule has 8 heteroatoms. The van der Waals surface area contributed by atoms with Gasteiger partial charge in [-0.2, -0.15) is 15.6 Å². The molecule has 1 aliphatic rings. The Balaban J connectivity index is 1.70. The van der Waals surface area contributed by atoms with Crippen molar-refractivity contribution in [1.82, 2.24) is 9.21 Å². The molecular formula is C15H15BrN2O3S2. The molecule has 1 aromatic heterocycles. The minimum atomic E-state index is -3.52. The molecule has 0 radical (unpaired) electrons. The summed E-state index contributed by atoms with van der Waals surface area (Å²) in [6.45, 7) is 1.43. The summed E-state index contributed by atoms with van der Waals surface area (Å²) in [5.41, 5.74) is 0.665. The lowest BCUT2D eigenvalue weighted by atomic mass is 10.2. The van der Waals surface area contributed by atoms with E-state index in [0.29, 0.717) is 31.7 Å². The Morgan fingerprint density at radius 2 is 1.87 bits per heavy atom. The van der Waals surface area contributed by atoms with Crippen molar-refractivity contribution in [3.05, 3.63) is 51.1 Å². The zero-order valence-corrected chi connectivity index (χ0v) is 15.4. The van der Waals surface area contributed by atoms with E-state index >= 15 is 0 Å². The second-order valence-electron chi connectivity index (χ2n) is 5.17. The number of benzene rings is 1. The van der Waals surface area contributed by atoms with Crippen LogP contribution in [-0.4, -0.2) is 49.7 Å². The second-order valence-corrected chi connectivity index (χ2v) is 8.80. The highest BCUT2D eigenvalue weighted by atomic mass is 79.9. The van der Waals surface area contributed by atoms with Gasteiger partial charge in [0.2, 0.25) is 10.0 Å². The van der Waals surface area contributed by atoms with E-state index in [1.807, 2.05) is 10.8 Å². The Hall–Kier alpha value is -1.22. The van der Waals surface area contributed by atoms with Gasteiger partial charge in [0.1, 0.15) is 0 Å². The number of carbonyl (C=O) groups excluding carboxylic acids is 1. The molecule has 1 amide bonds. The molecule has 0 unspecified atom stereocenters. The van der Waals surface area contributed by atoms with Gasteiger partial charge in [-0.3, -0.25) is 4.79 Å². The van der Waals surface area contributed by atoms with Crippen molar-refractivity contribution in [3.8, 4) is 0 Å². The van der Waals surface area contributed by atoms with E-state index in [9.17, 15) is 13.2 Å². The van der Waals surface area contributed by atoms with Crippen molar-refractivity contribution >= 4 is 43.2 Å². The van der Waals surface area contributed by atoms with Gasteiger partial charge in [-0.05, 0) is 29.6 Å². The fraction of sp³-hybridized carbons (Fsp3) is 0.267. The average molecular weight is 415 g/mol. The number of hydrogen-bond donors (Lipinski definition) is 0. The van der Waals surface area contributed by atoms with Crippen LogP contribution < -0.4 is 0 Å². The van der Waals surface area contributed by atoms with Crippen LogP contribution in [0.1, 0.15) is 10.4 Å². The molecule has 0 spiro atoms. The summed E-state index contributed by atoms with van der Waals surface area (Å²) in [5.74, 6) is -0.0363. The van der Waals surface area contributed by atoms with E-state index < -0.39 is 10.0 Å². The Morgan fingerprint density at radius 3 is 2.48 bits per heavy atom. The SMILES string of the molecule is O=C(c1ccsc1)N1CCN(S(=O)(=O)c2cccc(Br)c2)CC1. The number of piperazine rings is 1. The molecule has 1 aromatic carbocycles. The van der Waals surface area contributed by atoms with Gasteiger partial charge in [0.25, 0.3) is 5.91 Å². The summed E-state index contributed by atoms with van der Waals surface area (Å²) >= 11 is 4.77. The zero-order valence-electron chi connectivity index (χ0n) is 12.2. The van der Waals surface area contributed by atoms with Gasteiger partial charge >= 0.3 is 0 Å². The fourth-order valence-electron chi connectivity index (χ4n) is 2.48. The minimum absolute atomic E-state index is 0.0363. The van der Waals surface area contributed by atoms with Gasteiger partial charge in [-0.1, -0.05) is 22.0 Å². The largest absolute Gasteiger partial charge is 0.336 e. The smallest absolute Gasteiger partial charge is 0.254 e. The highest BCUT2D eigenvalue weighted by molar-refractivity contribution is 9.10. The molecule has 0 aliphatic carbocycles. The van der Waals surface area contributed by atoms with Crippen LogP contribution in [0.4, 0.5) is 0 Å². The highest BCUT2D eigenvalue weighted by Gasteiger charge is 2.30. The quantitative estimate of drug-likeness (QED) is 0.775. The standard InChI is InChI=1S/C15H15BrN2O3S2/c16-13-2-1-3-14(10-13)23(20,21)18-7-5-17(6-8-18)15(19)12-4-9-22-11-12/h1-4,9-11H,5-8H2. The second kappa shape index (κ2) is 6.72. The topological polar surface area (TPSA) is 57.7 Å². The molecule has 0 N–H and O–H groups in total. The maximum atomic E-state index is 12.6. The van der Waals surface area contributed by atoms with Gasteiger partial charge in [-0.25, -0.2) is 8.42 Å². The molecule has 3 rings (SSSR count). The van der Waals surface area contributed by atoms with Crippen LogP contribution in [0.15, 0.2) is 50.5 Å². The first-order valence-corrected chi connectivity index (χ1v) is 10.2. The van der Waals surface area contributed by atoms with Crippen LogP contribution in [-0.2, 0) is 10.0 Å². The summed E-state index contributed by atoms with van der Waals surface area (Å²) in [4.78, 5) is 14.3. The molecule has 23 heavy (non-hydrogen) atoms. The fourth-order valence-corrected chi connectivity index (χ4v) is 5.13.